The minimum Gasteiger partial charge on any atom is -0.370 e. The molecule has 6 heteroatoms. The minimum atomic E-state index is 0.413. The molecule has 1 saturated carbocycles. The first kappa shape index (κ1) is 20.2. The molecule has 0 amide bonds. The number of hydrogen-bond donors (Lipinski definition) is 2. The van der Waals surface area contributed by atoms with Crippen LogP contribution in [-0.2, 0) is 0 Å². The van der Waals surface area contributed by atoms with Gasteiger partial charge in [0, 0.05) is 47.6 Å². The summed E-state index contributed by atoms with van der Waals surface area (Å²) >= 11 is 3.54. The topological polar surface area (TPSA) is 64.0 Å². The van der Waals surface area contributed by atoms with Crippen LogP contribution in [0.3, 0.4) is 0 Å². The number of anilines is 2. The molecule has 1 saturated heterocycles. The van der Waals surface area contributed by atoms with Gasteiger partial charge >= 0.3 is 0 Å². The van der Waals surface area contributed by atoms with E-state index < -0.39 is 0 Å². The Bertz CT molecular complexity index is 847. The van der Waals surface area contributed by atoms with Crippen molar-refractivity contribution in [1.82, 2.24) is 10.3 Å². The van der Waals surface area contributed by atoms with Gasteiger partial charge < -0.3 is 15.5 Å². The highest BCUT2D eigenvalue weighted by Crippen LogP contribution is 2.26. The van der Waals surface area contributed by atoms with E-state index in [0.29, 0.717) is 18.1 Å². The number of benzene rings is 1. The third kappa shape index (κ3) is 5.29. The van der Waals surface area contributed by atoms with Crippen molar-refractivity contribution in [3.63, 3.8) is 0 Å². The number of piperidine rings is 1. The third-order valence-electron chi connectivity index (χ3n) is 6.05. The van der Waals surface area contributed by atoms with E-state index in [0.717, 1.165) is 28.9 Å². The van der Waals surface area contributed by atoms with E-state index in [1.807, 2.05) is 24.4 Å². The summed E-state index contributed by atoms with van der Waals surface area (Å²) in [6.07, 6.45) is 9.19. The minimum absolute atomic E-state index is 0.413. The quantitative estimate of drug-likeness (QED) is 0.686. The first-order valence-electron chi connectivity index (χ1n) is 10.6. The van der Waals surface area contributed by atoms with Gasteiger partial charge in [0.2, 0.25) is 0 Å². The highest BCUT2D eigenvalue weighted by molar-refractivity contribution is 9.10. The Balaban J connectivity index is 1.38. The molecule has 4 rings (SSSR count). The Labute approximate surface area is 181 Å². The van der Waals surface area contributed by atoms with Crippen molar-refractivity contribution in [1.29, 1.82) is 5.26 Å². The Morgan fingerprint density at radius 2 is 1.83 bits per heavy atom. The molecular weight excluding hydrogens is 426 g/mol. The summed E-state index contributed by atoms with van der Waals surface area (Å²) in [6, 6.07) is 15.6. The molecule has 2 fully saturated rings. The number of halogens is 1. The molecule has 1 aliphatic carbocycles. The molecule has 0 bridgehead atoms. The second-order valence-corrected chi connectivity index (χ2v) is 9.03. The number of hydrogen-bond acceptors (Lipinski definition) is 5. The number of nitriles is 1. The fraction of sp³-hybridized carbons (Fsp3) is 0.478. The molecular formula is C23H28BrN5. The highest BCUT2D eigenvalue weighted by Gasteiger charge is 2.29. The lowest BCUT2D eigenvalue weighted by molar-refractivity contribution is 0.293. The zero-order valence-corrected chi connectivity index (χ0v) is 18.2. The third-order valence-corrected chi connectivity index (χ3v) is 6.55. The highest BCUT2D eigenvalue weighted by atomic mass is 79.9. The predicted molar refractivity (Wildman–Crippen MR) is 121 cm³/mol. The first-order chi connectivity index (χ1) is 14.2. The van der Waals surface area contributed by atoms with Crippen LogP contribution >= 0.6 is 15.9 Å². The second kappa shape index (κ2) is 9.60. The molecule has 2 N–H and O–H groups in total. The maximum atomic E-state index is 9.02. The zero-order chi connectivity index (χ0) is 20.1. The molecule has 1 aromatic heterocycles. The zero-order valence-electron chi connectivity index (χ0n) is 16.6. The average Bonchev–Trinajstić information content (AvgIpc) is 2.75. The fourth-order valence-electron chi connectivity index (χ4n) is 4.57. The lowest BCUT2D eigenvalue weighted by Gasteiger charge is -2.40. The van der Waals surface area contributed by atoms with Crippen LogP contribution in [0, 0.1) is 11.3 Å². The van der Waals surface area contributed by atoms with Gasteiger partial charge in [0.05, 0.1) is 11.6 Å². The molecule has 0 radical (unpaired) electrons. The molecule has 152 valence electrons. The van der Waals surface area contributed by atoms with E-state index in [1.54, 1.807) is 0 Å². The van der Waals surface area contributed by atoms with E-state index in [-0.39, 0.29) is 0 Å². The lowest BCUT2D eigenvalue weighted by Crippen LogP contribution is -2.54. The average molecular weight is 454 g/mol. The number of pyridine rings is 1. The molecule has 3 unspecified atom stereocenters. The van der Waals surface area contributed by atoms with Crippen molar-refractivity contribution in [2.45, 2.75) is 56.7 Å². The number of nitrogens with zero attached hydrogens (tertiary/aromatic N) is 3. The summed E-state index contributed by atoms with van der Waals surface area (Å²) in [5.74, 6) is 0.945. The Morgan fingerprint density at radius 1 is 1.03 bits per heavy atom. The van der Waals surface area contributed by atoms with E-state index in [4.69, 9.17) is 5.26 Å². The Kier molecular flexibility index (Phi) is 6.68. The van der Waals surface area contributed by atoms with Gasteiger partial charge in [-0.15, -0.1) is 0 Å². The van der Waals surface area contributed by atoms with Gasteiger partial charge in [-0.05, 0) is 62.1 Å². The smallest absolute Gasteiger partial charge is 0.127 e. The summed E-state index contributed by atoms with van der Waals surface area (Å²) in [5.41, 5.74) is 1.94. The maximum Gasteiger partial charge on any atom is 0.127 e. The van der Waals surface area contributed by atoms with Crippen LogP contribution in [0.25, 0.3) is 0 Å². The summed E-state index contributed by atoms with van der Waals surface area (Å²) < 4.78 is 1.06. The summed E-state index contributed by atoms with van der Waals surface area (Å²) in [5, 5.41) is 16.7. The first-order valence-corrected chi connectivity index (χ1v) is 11.4. The molecule has 3 atom stereocenters. The van der Waals surface area contributed by atoms with Crippen molar-refractivity contribution in [2.75, 3.05) is 23.3 Å². The van der Waals surface area contributed by atoms with Crippen LogP contribution in [0.4, 0.5) is 11.5 Å². The Hall–Kier alpha value is -2.10. The maximum absolute atomic E-state index is 9.02. The number of nitrogens with one attached hydrogen (secondary N) is 2. The standard InChI is InChI=1S/C23H28BrN5/c24-18-11-12-26-23(14-18)28-22-6-2-1-5-21(22)27-19-4-3-13-29(16-19)20-9-7-17(15-25)8-10-20/h7-12,14,19,21-22,27H,1-6,13,16H2,(H,26,28). The molecule has 2 heterocycles. The fourth-order valence-corrected chi connectivity index (χ4v) is 4.91. The van der Waals surface area contributed by atoms with Gasteiger partial charge in [-0.2, -0.15) is 5.26 Å². The van der Waals surface area contributed by atoms with Gasteiger partial charge in [-0.3, -0.25) is 0 Å². The normalized spacial score (nSPS) is 24.7. The van der Waals surface area contributed by atoms with Gasteiger partial charge in [0.1, 0.15) is 5.82 Å². The summed E-state index contributed by atoms with van der Waals surface area (Å²) in [4.78, 5) is 6.93. The van der Waals surface area contributed by atoms with E-state index in [2.05, 4.69) is 60.7 Å². The van der Waals surface area contributed by atoms with Gasteiger partial charge in [0.25, 0.3) is 0 Å². The van der Waals surface area contributed by atoms with Crippen molar-refractivity contribution in [2.24, 2.45) is 0 Å². The molecule has 29 heavy (non-hydrogen) atoms. The number of aromatic nitrogens is 1. The van der Waals surface area contributed by atoms with Gasteiger partial charge in [-0.1, -0.05) is 28.8 Å². The summed E-state index contributed by atoms with van der Waals surface area (Å²) in [7, 11) is 0. The van der Waals surface area contributed by atoms with Crippen LogP contribution in [0.2, 0.25) is 0 Å². The Morgan fingerprint density at radius 3 is 2.59 bits per heavy atom. The molecule has 2 aromatic rings. The molecule has 0 spiro atoms. The number of rotatable bonds is 5. The van der Waals surface area contributed by atoms with Gasteiger partial charge in [-0.25, -0.2) is 4.98 Å². The van der Waals surface area contributed by atoms with Crippen molar-refractivity contribution < 1.29 is 0 Å². The predicted octanol–water partition coefficient (Wildman–Crippen LogP) is 4.70. The van der Waals surface area contributed by atoms with Crippen LogP contribution in [-0.4, -0.2) is 36.2 Å². The van der Waals surface area contributed by atoms with Crippen LogP contribution in [0.1, 0.15) is 44.1 Å². The van der Waals surface area contributed by atoms with Gasteiger partial charge in [0.15, 0.2) is 0 Å². The molecule has 1 aromatic carbocycles. The summed E-state index contributed by atoms with van der Waals surface area (Å²) in [6.45, 7) is 2.10. The van der Waals surface area contributed by atoms with Crippen molar-refractivity contribution in [3.05, 3.63) is 52.6 Å². The monoisotopic (exact) mass is 453 g/mol. The largest absolute Gasteiger partial charge is 0.370 e. The van der Waals surface area contributed by atoms with Crippen LogP contribution in [0.5, 0.6) is 0 Å². The lowest BCUT2D eigenvalue weighted by atomic mass is 9.89. The van der Waals surface area contributed by atoms with E-state index >= 15 is 0 Å². The van der Waals surface area contributed by atoms with Crippen LogP contribution < -0.4 is 15.5 Å². The molecule has 2 aliphatic rings. The van der Waals surface area contributed by atoms with E-state index in [9.17, 15) is 0 Å². The SMILES string of the molecule is N#Cc1ccc(N2CCCC(NC3CCCCC3Nc3cc(Br)ccn3)C2)cc1. The van der Waals surface area contributed by atoms with Crippen molar-refractivity contribution in [3.8, 4) is 6.07 Å². The van der Waals surface area contributed by atoms with Crippen molar-refractivity contribution >= 4 is 27.4 Å². The van der Waals surface area contributed by atoms with E-state index in [1.165, 1.54) is 44.2 Å². The molecule has 5 nitrogen and oxygen atoms in total. The molecule has 1 aliphatic heterocycles. The second-order valence-electron chi connectivity index (χ2n) is 8.11. The van der Waals surface area contributed by atoms with Crippen LogP contribution in [0.15, 0.2) is 47.1 Å².